The number of aromatic nitrogens is 2. The molecule has 0 saturated carbocycles. The first kappa shape index (κ1) is 12.8. The summed E-state index contributed by atoms with van der Waals surface area (Å²) in [6.45, 7) is 6.66. The molecule has 0 bridgehead atoms. The lowest BCUT2D eigenvalue weighted by Gasteiger charge is -2.34. The van der Waals surface area contributed by atoms with E-state index >= 15 is 0 Å². The van der Waals surface area contributed by atoms with E-state index in [9.17, 15) is 0 Å². The lowest BCUT2D eigenvalue weighted by atomic mass is 9.87. The summed E-state index contributed by atoms with van der Waals surface area (Å²) in [6.07, 6.45) is 5.72. The first-order valence-electron chi connectivity index (χ1n) is 6.49. The Morgan fingerprint density at radius 3 is 2.44 bits per heavy atom. The second-order valence-electron chi connectivity index (χ2n) is 5.24. The summed E-state index contributed by atoms with van der Waals surface area (Å²) in [5, 5.41) is 7.29. The second-order valence-corrected chi connectivity index (χ2v) is 5.24. The van der Waals surface area contributed by atoms with Crippen LogP contribution in [-0.4, -0.2) is 28.9 Å². The van der Waals surface area contributed by atoms with Gasteiger partial charge in [0.25, 0.3) is 0 Å². The number of amidine groups is 1. The van der Waals surface area contributed by atoms with E-state index in [4.69, 9.17) is 11.1 Å². The zero-order valence-corrected chi connectivity index (χ0v) is 11.1. The fraction of sp³-hybridized carbons (Fsp3) is 0.615. The van der Waals surface area contributed by atoms with Crippen LogP contribution in [0.2, 0.25) is 0 Å². The van der Waals surface area contributed by atoms with Crippen molar-refractivity contribution in [1.82, 2.24) is 9.97 Å². The molecule has 0 radical (unpaired) electrons. The average Bonchev–Trinajstić information content (AvgIpc) is 2.39. The largest absolute Gasteiger partial charge is 0.382 e. The van der Waals surface area contributed by atoms with Gasteiger partial charge >= 0.3 is 0 Å². The van der Waals surface area contributed by atoms with Gasteiger partial charge in [-0.1, -0.05) is 13.8 Å². The third-order valence-corrected chi connectivity index (χ3v) is 3.72. The van der Waals surface area contributed by atoms with Gasteiger partial charge in [0.15, 0.2) is 0 Å². The van der Waals surface area contributed by atoms with Crippen LogP contribution in [-0.2, 0) is 0 Å². The third kappa shape index (κ3) is 2.78. The summed E-state index contributed by atoms with van der Waals surface area (Å²) < 4.78 is 0. The predicted octanol–water partition coefficient (Wildman–Crippen LogP) is 1.63. The average molecular weight is 247 g/mol. The van der Waals surface area contributed by atoms with Gasteiger partial charge in [0.1, 0.15) is 17.3 Å². The Kier molecular flexibility index (Phi) is 3.79. The lowest BCUT2D eigenvalue weighted by Crippen LogP contribution is -2.35. The number of nitrogen functional groups attached to an aromatic ring is 1. The zero-order chi connectivity index (χ0) is 13.1. The van der Waals surface area contributed by atoms with E-state index in [1.54, 1.807) is 12.4 Å². The van der Waals surface area contributed by atoms with Crippen molar-refractivity contribution in [3.8, 4) is 0 Å². The molecule has 5 heteroatoms. The zero-order valence-electron chi connectivity index (χ0n) is 11.1. The maximum atomic E-state index is 7.29. The van der Waals surface area contributed by atoms with Gasteiger partial charge in [-0.2, -0.15) is 0 Å². The van der Waals surface area contributed by atoms with Crippen LogP contribution in [0, 0.1) is 17.2 Å². The predicted molar refractivity (Wildman–Crippen MR) is 72.8 cm³/mol. The van der Waals surface area contributed by atoms with Crippen LogP contribution in [0.15, 0.2) is 12.4 Å². The van der Waals surface area contributed by atoms with Crippen molar-refractivity contribution < 1.29 is 0 Å². The Balaban J connectivity index is 1.99. The van der Waals surface area contributed by atoms with E-state index in [1.807, 2.05) is 0 Å². The highest BCUT2D eigenvalue weighted by Gasteiger charge is 2.22. The Labute approximate surface area is 108 Å². The van der Waals surface area contributed by atoms with Crippen LogP contribution in [0.25, 0.3) is 0 Å². The first-order valence-corrected chi connectivity index (χ1v) is 6.49. The number of nitrogens with zero attached hydrogens (tertiary/aromatic N) is 3. The fourth-order valence-corrected chi connectivity index (χ4v) is 2.42. The fourth-order valence-electron chi connectivity index (χ4n) is 2.42. The molecule has 1 fully saturated rings. The van der Waals surface area contributed by atoms with Gasteiger partial charge in [-0.25, -0.2) is 9.97 Å². The highest BCUT2D eigenvalue weighted by molar-refractivity contribution is 5.92. The molecule has 98 valence electrons. The van der Waals surface area contributed by atoms with E-state index in [0.717, 1.165) is 30.7 Å². The van der Waals surface area contributed by atoms with E-state index < -0.39 is 0 Å². The summed E-state index contributed by atoms with van der Waals surface area (Å²) in [5.41, 5.74) is 5.80. The minimum Gasteiger partial charge on any atom is -0.382 e. The molecular formula is C13H21N5. The molecule has 1 saturated heterocycles. The molecule has 5 nitrogen and oxygen atoms in total. The van der Waals surface area contributed by atoms with Crippen LogP contribution in [0.5, 0.6) is 0 Å². The number of anilines is 1. The quantitative estimate of drug-likeness (QED) is 0.628. The minimum absolute atomic E-state index is 0.0347. The maximum absolute atomic E-state index is 7.29. The Morgan fingerprint density at radius 1 is 1.33 bits per heavy atom. The molecule has 1 aromatic heterocycles. The van der Waals surface area contributed by atoms with E-state index in [2.05, 4.69) is 28.7 Å². The van der Waals surface area contributed by atoms with Crippen LogP contribution < -0.4 is 10.6 Å². The molecule has 0 atom stereocenters. The molecule has 2 heterocycles. The smallest absolute Gasteiger partial charge is 0.147 e. The van der Waals surface area contributed by atoms with Gasteiger partial charge in [-0.15, -0.1) is 0 Å². The highest BCUT2D eigenvalue weighted by Crippen LogP contribution is 2.26. The molecular weight excluding hydrogens is 226 g/mol. The molecule has 1 aliphatic rings. The van der Waals surface area contributed by atoms with Crippen molar-refractivity contribution in [2.45, 2.75) is 26.7 Å². The number of nitrogens with two attached hydrogens (primary N) is 1. The van der Waals surface area contributed by atoms with Crippen molar-refractivity contribution in [1.29, 1.82) is 5.41 Å². The van der Waals surface area contributed by atoms with Gasteiger partial charge in [-0.3, -0.25) is 5.41 Å². The molecule has 1 aromatic rings. The van der Waals surface area contributed by atoms with Crippen molar-refractivity contribution in [3.63, 3.8) is 0 Å². The van der Waals surface area contributed by atoms with Gasteiger partial charge in [0.05, 0.1) is 12.4 Å². The van der Waals surface area contributed by atoms with Gasteiger partial charge in [-0.05, 0) is 24.7 Å². The van der Waals surface area contributed by atoms with Gasteiger partial charge in [0, 0.05) is 13.1 Å². The first-order chi connectivity index (χ1) is 8.58. The van der Waals surface area contributed by atoms with E-state index in [0.29, 0.717) is 5.69 Å². The molecule has 3 N–H and O–H groups in total. The standard InChI is InChI=1S/C13H21N5/c1-9(2)10-3-5-18(6-4-10)12-8-16-11(7-17-12)13(14)15/h7-10H,3-6H2,1-2H3,(H3,14,15). The summed E-state index contributed by atoms with van der Waals surface area (Å²) >= 11 is 0. The van der Waals surface area contributed by atoms with Crippen molar-refractivity contribution in [2.24, 2.45) is 17.6 Å². The van der Waals surface area contributed by atoms with E-state index in [-0.39, 0.29) is 5.84 Å². The maximum Gasteiger partial charge on any atom is 0.147 e. The summed E-state index contributed by atoms with van der Waals surface area (Å²) in [6, 6.07) is 0. The summed E-state index contributed by atoms with van der Waals surface area (Å²) in [4.78, 5) is 10.7. The summed E-state index contributed by atoms with van der Waals surface area (Å²) in [5.74, 6) is 2.44. The number of piperidine rings is 1. The van der Waals surface area contributed by atoms with Crippen LogP contribution >= 0.6 is 0 Å². The molecule has 0 spiro atoms. The molecule has 2 rings (SSSR count). The van der Waals surface area contributed by atoms with Crippen LogP contribution in [0.4, 0.5) is 5.82 Å². The highest BCUT2D eigenvalue weighted by atomic mass is 15.2. The second kappa shape index (κ2) is 5.33. The molecule has 0 aromatic carbocycles. The minimum atomic E-state index is -0.0347. The molecule has 18 heavy (non-hydrogen) atoms. The molecule has 1 aliphatic heterocycles. The van der Waals surface area contributed by atoms with Crippen molar-refractivity contribution in [2.75, 3.05) is 18.0 Å². The number of hydrogen-bond donors (Lipinski definition) is 2. The molecule has 0 amide bonds. The monoisotopic (exact) mass is 247 g/mol. The molecule has 0 unspecified atom stereocenters. The van der Waals surface area contributed by atoms with E-state index in [1.165, 1.54) is 12.8 Å². The van der Waals surface area contributed by atoms with Gasteiger partial charge < -0.3 is 10.6 Å². The number of rotatable bonds is 3. The number of nitrogens with one attached hydrogen (secondary N) is 1. The van der Waals surface area contributed by atoms with Crippen molar-refractivity contribution >= 4 is 11.7 Å². The Morgan fingerprint density at radius 2 is 2.00 bits per heavy atom. The normalized spacial score (nSPS) is 17.2. The Hall–Kier alpha value is -1.65. The number of hydrogen-bond acceptors (Lipinski definition) is 4. The van der Waals surface area contributed by atoms with Crippen LogP contribution in [0.3, 0.4) is 0 Å². The summed E-state index contributed by atoms with van der Waals surface area (Å²) in [7, 11) is 0. The molecule has 0 aliphatic carbocycles. The van der Waals surface area contributed by atoms with Crippen molar-refractivity contribution in [3.05, 3.63) is 18.1 Å². The lowest BCUT2D eigenvalue weighted by molar-refractivity contribution is 0.310. The topological polar surface area (TPSA) is 78.9 Å². The Bertz CT molecular complexity index is 404. The van der Waals surface area contributed by atoms with Gasteiger partial charge in [0.2, 0.25) is 0 Å². The SMILES string of the molecule is CC(C)C1CCN(c2cnc(C(=N)N)cn2)CC1. The van der Waals surface area contributed by atoms with Crippen LogP contribution in [0.1, 0.15) is 32.4 Å². The third-order valence-electron chi connectivity index (χ3n) is 3.72.